The van der Waals surface area contributed by atoms with Crippen LogP contribution in [0.4, 0.5) is 0 Å². The molecule has 4 heteroatoms. The van der Waals surface area contributed by atoms with Gasteiger partial charge in [-0.1, -0.05) is 18.2 Å². The lowest BCUT2D eigenvalue weighted by Crippen LogP contribution is -2.09. The van der Waals surface area contributed by atoms with Crippen LogP contribution in [0.5, 0.6) is 11.5 Å². The van der Waals surface area contributed by atoms with Crippen molar-refractivity contribution in [2.45, 2.75) is 27.7 Å². The summed E-state index contributed by atoms with van der Waals surface area (Å²) in [7, 11) is 0.0501. The summed E-state index contributed by atoms with van der Waals surface area (Å²) in [6, 6.07) is 11.6. The first-order valence-corrected chi connectivity index (χ1v) is 8.84. The molecule has 0 N–H and O–H groups in total. The van der Waals surface area contributed by atoms with Gasteiger partial charge < -0.3 is 9.47 Å². The van der Waals surface area contributed by atoms with Crippen molar-refractivity contribution in [2.75, 3.05) is 13.2 Å². The Kier molecular flexibility index (Phi) is 6.18. The Hall–Kier alpha value is -1.86. The van der Waals surface area contributed by atoms with Crippen molar-refractivity contribution >= 4 is 19.4 Å². The van der Waals surface area contributed by atoms with E-state index >= 15 is 0 Å². The lowest BCUT2D eigenvalue weighted by atomic mass is 10.0. The summed E-state index contributed by atoms with van der Waals surface area (Å²) in [6.45, 7) is 9.04. The minimum atomic E-state index is 0.0501. The van der Waals surface area contributed by atoms with E-state index in [1.165, 1.54) is 0 Å². The minimum Gasteiger partial charge on any atom is -0.494 e. The maximum Gasteiger partial charge on any atom is 0.186 e. The maximum absolute atomic E-state index is 12.8. The molecule has 0 amide bonds. The van der Waals surface area contributed by atoms with Gasteiger partial charge in [-0.3, -0.25) is 4.79 Å². The number of benzene rings is 2. The van der Waals surface area contributed by atoms with Crippen LogP contribution in [0.3, 0.4) is 0 Å². The van der Waals surface area contributed by atoms with Gasteiger partial charge in [0.2, 0.25) is 0 Å². The molecular weight excluding hydrogens is 307 g/mol. The number of rotatable bonds is 7. The van der Waals surface area contributed by atoms with Crippen LogP contribution in [0.15, 0.2) is 36.4 Å². The van der Waals surface area contributed by atoms with E-state index in [-0.39, 0.29) is 14.1 Å². The van der Waals surface area contributed by atoms with Crippen molar-refractivity contribution in [3.8, 4) is 11.5 Å². The van der Waals surface area contributed by atoms with Crippen molar-refractivity contribution in [1.29, 1.82) is 0 Å². The number of carbonyl (C=O) groups is 1. The molecule has 2 aromatic carbocycles. The molecule has 0 aliphatic heterocycles. The highest BCUT2D eigenvalue weighted by Crippen LogP contribution is 2.30. The molecular formula is C19H23O3P. The van der Waals surface area contributed by atoms with E-state index in [0.29, 0.717) is 13.2 Å². The van der Waals surface area contributed by atoms with E-state index in [9.17, 15) is 4.79 Å². The molecule has 0 saturated heterocycles. The quantitative estimate of drug-likeness (QED) is 0.712. The van der Waals surface area contributed by atoms with Crippen LogP contribution in [0, 0.1) is 13.8 Å². The standard InChI is InChI=1S/C19H23O3P/c1-5-21-15-11-13(3)18(14(4)12-15)19(20)23-17-10-8-7-9-16(17)22-6-2/h7-12,23H,5-6H2,1-4H3. The van der Waals surface area contributed by atoms with Crippen molar-refractivity contribution in [1.82, 2.24) is 0 Å². The van der Waals surface area contributed by atoms with E-state index in [0.717, 1.165) is 33.5 Å². The van der Waals surface area contributed by atoms with Crippen molar-refractivity contribution < 1.29 is 14.3 Å². The predicted molar refractivity (Wildman–Crippen MR) is 97.0 cm³/mol. The monoisotopic (exact) mass is 330 g/mol. The Morgan fingerprint density at radius 2 is 1.61 bits per heavy atom. The third-order valence-corrected chi connectivity index (χ3v) is 4.64. The van der Waals surface area contributed by atoms with Crippen LogP contribution in [-0.2, 0) is 0 Å². The normalized spacial score (nSPS) is 11.0. The molecule has 0 heterocycles. The van der Waals surface area contributed by atoms with E-state index in [1.54, 1.807) is 0 Å². The summed E-state index contributed by atoms with van der Waals surface area (Å²) in [5, 5.41) is 0.951. The molecule has 23 heavy (non-hydrogen) atoms. The zero-order chi connectivity index (χ0) is 16.8. The summed E-state index contributed by atoms with van der Waals surface area (Å²) in [4.78, 5) is 12.8. The van der Waals surface area contributed by atoms with E-state index in [2.05, 4.69) is 0 Å². The Bertz CT molecular complexity index is 672. The van der Waals surface area contributed by atoms with Crippen LogP contribution < -0.4 is 14.8 Å². The van der Waals surface area contributed by atoms with Gasteiger partial charge in [0.15, 0.2) is 5.52 Å². The van der Waals surface area contributed by atoms with Crippen LogP contribution >= 0.6 is 8.58 Å². The SMILES string of the molecule is CCOc1cc(C)c(C(=O)Pc2ccccc2OCC)c(C)c1. The van der Waals surface area contributed by atoms with Gasteiger partial charge in [-0.25, -0.2) is 0 Å². The average molecular weight is 330 g/mol. The van der Waals surface area contributed by atoms with Gasteiger partial charge in [-0.15, -0.1) is 0 Å². The molecule has 1 unspecified atom stereocenters. The molecule has 2 rings (SSSR count). The van der Waals surface area contributed by atoms with Crippen LogP contribution in [0.25, 0.3) is 0 Å². The summed E-state index contributed by atoms with van der Waals surface area (Å²) in [5.74, 6) is 1.61. The predicted octanol–water partition coefficient (Wildman–Crippen LogP) is 4.25. The summed E-state index contributed by atoms with van der Waals surface area (Å²) in [6.07, 6.45) is 0. The first-order chi connectivity index (χ1) is 11.1. The van der Waals surface area contributed by atoms with Crippen LogP contribution in [0.1, 0.15) is 35.3 Å². The second-order valence-corrected chi connectivity index (χ2v) is 6.49. The third kappa shape index (κ3) is 4.33. The molecule has 2 aromatic rings. The molecule has 0 aliphatic rings. The van der Waals surface area contributed by atoms with Crippen LogP contribution in [0.2, 0.25) is 0 Å². The van der Waals surface area contributed by atoms with Gasteiger partial charge >= 0.3 is 0 Å². The number of aryl methyl sites for hydroxylation is 2. The van der Waals surface area contributed by atoms with Gasteiger partial charge in [0.1, 0.15) is 11.5 Å². The molecule has 0 fully saturated rings. The van der Waals surface area contributed by atoms with Crippen molar-refractivity contribution in [3.63, 3.8) is 0 Å². The molecule has 1 atom stereocenters. The lowest BCUT2D eigenvalue weighted by Gasteiger charge is -2.13. The maximum atomic E-state index is 12.8. The number of carbonyl (C=O) groups excluding carboxylic acids is 1. The molecule has 3 nitrogen and oxygen atoms in total. The Morgan fingerprint density at radius 1 is 1.00 bits per heavy atom. The Morgan fingerprint density at radius 3 is 2.22 bits per heavy atom. The van der Waals surface area contributed by atoms with Gasteiger partial charge in [0, 0.05) is 10.9 Å². The van der Waals surface area contributed by atoms with Gasteiger partial charge in [0.05, 0.1) is 13.2 Å². The highest BCUT2D eigenvalue weighted by molar-refractivity contribution is 7.66. The highest BCUT2D eigenvalue weighted by atomic mass is 31.1. The highest BCUT2D eigenvalue weighted by Gasteiger charge is 2.16. The fraction of sp³-hybridized carbons (Fsp3) is 0.316. The number of hydrogen-bond donors (Lipinski definition) is 0. The molecule has 0 aromatic heterocycles. The second kappa shape index (κ2) is 8.12. The largest absolute Gasteiger partial charge is 0.494 e. The Balaban J connectivity index is 2.28. The Labute approximate surface area is 139 Å². The smallest absolute Gasteiger partial charge is 0.186 e. The van der Waals surface area contributed by atoms with E-state index < -0.39 is 0 Å². The van der Waals surface area contributed by atoms with E-state index in [1.807, 2.05) is 64.1 Å². The summed E-state index contributed by atoms with van der Waals surface area (Å²) < 4.78 is 11.2. The second-order valence-electron chi connectivity index (χ2n) is 5.25. The molecule has 0 aliphatic carbocycles. The summed E-state index contributed by atoms with van der Waals surface area (Å²) in [5.41, 5.74) is 2.84. The fourth-order valence-corrected chi connectivity index (χ4v) is 3.79. The molecule has 122 valence electrons. The number of hydrogen-bond acceptors (Lipinski definition) is 3. The minimum absolute atomic E-state index is 0.0501. The van der Waals surface area contributed by atoms with Gasteiger partial charge in [-0.05, 0) is 65.6 Å². The summed E-state index contributed by atoms with van der Waals surface area (Å²) >= 11 is 0. The van der Waals surface area contributed by atoms with Crippen molar-refractivity contribution in [3.05, 3.63) is 53.1 Å². The van der Waals surface area contributed by atoms with Crippen molar-refractivity contribution in [2.24, 2.45) is 0 Å². The number of ether oxygens (including phenoxy) is 2. The van der Waals surface area contributed by atoms with Crippen LogP contribution in [-0.4, -0.2) is 18.7 Å². The first-order valence-electron chi connectivity index (χ1n) is 7.84. The number of para-hydroxylation sites is 1. The molecule has 0 bridgehead atoms. The molecule has 0 spiro atoms. The van der Waals surface area contributed by atoms with Gasteiger partial charge in [0.25, 0.3) is 0 Å². The molecule has 0 saturated carbocycles. The van der Waals surface area contributed by atoms with Gasteiger partial charge in [-0.2, -0.15) is 0 Å². The topological polar surface area (TPSA) is 35.5 Å². The fourth-order valence-electron chi connectivity index (χ4n) is 2.57. The molecule has 0 radical (unpaired) electrons. The van der Waals surface area contributed by atoms with E-state index in [4.69, 9.17) is 9.47 Å². The third-order valence-electron chi connectivity index (χ3n) is 3.48. The zero-order valence-electron chi connectivity index (χ0n) is 14.1. The average Bonchev–Trinajstić information content (AvgIpc) is 2.49. The zero-order valence-corrected chi connectivity index (χ0v) is 15.1. The first kappa shape index (κ1) is 17.5. The lowest BCUT2D eigenvalue weighted by molar-refractivity contribution is 0.108.